The number of pyridine rings is 1. The molecule has 0 amide bonds. The van der Waals surface area contributed by atoms with Crippen LogP contribution in [0.1, 0.15) is 23.2 Å². The van der Waals surface area contributed by atoms with Crippen molar-refractivity contribution in [1.29, 1.82) is 0 Å². The van der Waals surface area contributed by atoms with Crippen molar-refractivity contribution >= 4 is 5.57 Å². The fourth-order valence-electron chi connectivity index (χ4n) is 2.55. The second-order valence-electron chi connectivity index (χ2n) is 4.99. The van der Waals surface area contributed by atoms with E-state index >= 15 is 0 Å². The Hall–Kier alpha value is -2.73. The maximum absolute atomic E-state index is 5.40. The fourth-order valence-corrected chi connectivity index (χ4v) is 2.55. The molecule has 1 aromatic heterocycles. The molecule has 1 heterocycles. The molecular formula is C19H17NO2. The first kappa shape index (κ1) is 14.2. The molecule has 22 heavy (non-hydrogen) atoms. The van der Waals surface area contributed by atoms with Crippen LogP contribution in [0.4, 0.5) is 0 Å². The van der Waals surface area contributed by atoms with Crippen molar-refractivity contribution in [2.24, 2.45) is 0 Å². The zero-order valence-corrected chi connectivity index (χ0v) is 12.7. The lowest BCUT2D eigenvalue weighted by Crippen LogP contribution is -2.01. The normalized spacial score (nSPS) is 12.5. The van der Waals surface area contributed by atoms with E-state index in [-0.39, 0.29) is 0 Å². The molecule has 3 heteroatoms. The van der Waals surface area contributed by atoms with Crippen molar-refractivity contribution in [1.82, 2.24) is 4.98 Å². The van der Waals surface area contributed by atoms with E-state index in [2.05, 4.69) is 22.9 Å². The van der Waals surface area contributed by atoms with E-state index in [9.17, 15) is 0 Å². The quantitative estimate of drug-likeness (QED) is 0.794. The predicted molar refractivity (Wildman–Crippen MR) is 87.0 cm³/mol. The number of rotatable bonds is 2. The van der Waals surface area contributed by atoms with Crippen molar-refractivity contribution in [2.75, 3.05) is 14.2 Å². The third-order valence-electron chi connectivity index (χ3n) is 3.65. The van der Waals surface area contributed by atoms with Crippen LogP contribution < -0.4 is 9.47 Å². The van der Waals surface area contributed by atoms with Gasteiger partial charge in [-0.2, -0.15) is 0 Å². The van der Waals surface area contributed by atoms with Gasteiger partial charge in [-0.15, -0.1) is 0 Å². The lowest BCUT2D eigenvalue weighted by Gasteiger charge is -2.17. The first-order valence-corrected chi connectivity index (χ1v) is 7.20. The number of allylic oxidation sites excluding steroid dienone is 2. The molecule has 0 saturated carbocycles. The maximum atomic E-state index is 5.40. The Bertz CT molecular complexity index is 767. The Morgan fingerprint density at radius 2 is 1.86 bits per heavy atom. The van der Waals surface area contributed by atoms with Gasteiger partial charge in [0.1, 0.15) is 5.69 Å². The van der Waals surface area contributed by atoms with Crippen LogP contribution in [-0.2, 0) is 6.42 Å². The molecule has 3 rings (SSSR count). The summed E-state index contributed by atoms with van der Waals surface area (Å²) in [4.78, 5) is 4.23. The molecule has 1 aliphatic carbocycles. The number of nitrogens with zero attached hydrogens (tertiary/aromatic N) is 1. The van der Waals surface area contributed by atoms with Crippen LogP contribution >= 0.6 is 0 Å². The van der Waals surface area contributed by atoms with Gasteiger partial charge in [-0.05, 0) is 54.2 Å². The third-order valence-corrected chi connectivity index (χ3v) is 3.65. The van der Waals surface area contributed by atoms with Gasteiger partial charge in [0.05, 0.1) is 14.2 Å². The molecule has 0 unspecified atom stereocenters. The topological polar surface area (TPSA) is 31.4 Å². The van der Waals surface area contributed by atoms with E-state index in [1.54, 1.807) is 20.4 Å². The molecule has 0 N–H and O–H groups in total. The minimum Gasteiger partial charge on any atom is -0.493 e. The van der Waals surface area contributed by atoms with Crippen LogP contribution in [-0.4, -0.2) is 19.2 Å². The minimum atomic E-state index is 0.730. The SMILES string of the molecule is COc1cc2c(cc1OC)C(C#Cc1ccccn1)=CCC2. The van der Waals surface area contributed by atoms with Crippen LogP contribution in [0.3, 0.4) is 0 Å². The van der Waals surface area contributed by atoms with Gasteiger partial charge in [-0.3, -0.25) is 0 Å². The Morgan fingerprint density at radius 3 is 2.59 bits per heavy atom. The predicted octanol–water partition coefficient (Wildman–Crippen LogP) is 3.48. The van der Waals surface area contributed by atoms with Gasteiger partial charge in [-0.1, -0.05) is 18.1 Å². The molecule has 2 aromatic rings. The Morgan fingerprint density at radius 1 is 1.05 bits per heavy atom. The molecule has 0 aliphatic heterocycles. The average molecular weight is 291 g/mol. The highest BCUT2D eigenvalue weighted by Gasteiger charge is 2.16. The summed E-state index contributed by atoms with van der Waals surface area (Å²) >= 11 is 0. The molecule has 0 bridgehead atoms. The van der Waals surface area contributed by atoms with Gasteiger partial charge in [0.2, 0.25) is 0 Å². The van der Waals surface area contributed by atoms with Crippen molar-refractivity contribution < 1.29 is 9.47 Å². The van der Waals surface area contributed by atoms with Gasteiger partial charge in [0.25, 0.3) is 0 Å². The molecule has 0 atom stereocenters. The van der Waals surface area contributed by atoms with Crippen LogP contribution in [0, 0.1) is 11.8 Å². The highest BCUT2D eigenvalue weighted by Crippen LogP contribution is 2.36. The molecule has 0 spiro atoms. The number of aryl methyl sites for hydroxylation is 1. The zero-order valence-electron chi connectivity index (χ0n) is 12.7. The van der Waals surface area contributed by atoms with Crippen LogP contribution in [0.2, 0.25) is 0 Å². The smallest absolute Gasteiger partial charge is 0.161 e. The van der Waals surface area contributed by atoms with Crippen LogP contribution in [0.25, 0.3) is 5.57 Å². The zero-order chi connectivity index (χ0) is 15.4. The Balaban J connectivity index is 2.00. The van der Waals surface area contributed by atoms with E-state index in [0.717, 1.165) is 41.2 Å². The van der Waals surface area contributed by atoms with Gasteiger partial charge in [-0.25, -0.2) is 4.98 Å². The molecule has 3 nitrogen and oxygen atoms in total. The molecule has 1 aliphatic rings. The first-order valence-electron chi connectivity index (χ1n) is 7.20. The number of hydrogen-bond donors (Lipinski definition) is 0. The summed E-state index contributed by atoms with van der Waals surface area (Å²) in [6.07, 6.45) is 5.89. The van der Waals surface area contributed by atoms with Crippen molar-refractivity contribution in [3.05, 3.63) is 59.4 Å². The highest BCUT2D eigenvalue weighted by atomic mass is 16.5. The monoisotopic (exact) mass is 291 g/mol. The van der Waals surface area contributed by atoms with Gasteiger partial charge < -0.3 is 9.47 Å². The second kappa shape index (κ2) is 6.36. The number of hydrogen-bond acceptors (Lipinski definition) is 3. The van der Waals surface area contributed by atoms with Gasteiger partial charge >= 0.3 is 0 Å². The molecule has 0 radical (unpaired) electrons. The van der Waals surface area contributed by atoms with Crippen molar-refractivity contribution in [3.63, 3.8) is 0 Å². The highest BCUT2D eigenvalue weighted by molar-refractivity contribution is 5.83. The summed E-state index contributed by atoms with van der Waals surface area (Å²) in [5.41, 5.74) is 4.15. The van der Waals surface area contributed by atoms with Gasteiger partial charge in [0.15, 0.2) is 11.5 Å². The fraction of sp³-hybridized carbons (Fsp3) is 0.211. The van der Waals surface area contributed by atoms with Crippen molar-refractivity contribution in [2.45, 2.75) is 12.8 Å². The van der Waals surface area contributed by atoms with Gasteiger partial charge in [0, 0.05) is 11.8 Å². The van der Waals surface area contributed by atoms with E-state index in [1.165, 1.54) is 5.56 Å². The average Bonchev–Trinajstić information content (AvgIpc) is 2.59. The van der Waals surface area contributed by atoms with E-state index in [4.69, 9.17) is 9.47 Å². The molecule has 1 aromatic carbocycles. The summed E-state index contributed by atoms with van der Waals surface area (Å²) in [5.74, 6) is 7.85. The Labute approximate surface area is 130 Å². The second-order valence-corrected chi connectivity index (χ2v) is 4.99. The van der Waals surface area contributed by atoms with E-state index < -0.39 is 0 Å². The minimum absolute atomic E-state index is 0.730. The van der Waals surface area contributed by atoms with Crippen LogP contribution in [0.15, 0.2) is 42.6 Å². The summed E-state index contributed by atoms with van der Waals surface area (Å²) in [7, 11) is 3.31. The number of fused-ring (bicyclic) bond motifs is 1. The Kier molecular flexibility index (Phi) is 4.11. The molecule has 0 saturated heterocycles. The number of methoxy groups -OCH3 is 2. The molecule has 110 valence electrons. The van der Waals surface area contributed by atoms with Crippen LogP contribution in [0.5, 0.6) is 11.5 Å². The number of benzene rings is 1. The standard InChI is InChI=1S/C19H17NO2/c1-21-18-12-15-7-5-6-14(17(15)13-19(18)22-2)9-10-16-8-3-4-11-20-16/h3-4,6,8,11-13H,5,7H2,1-2H3. The maximum Gasteiger partial charge on any atom is 0.161 e. The van der Waals surface area contributed by atoms with Crippen molar-refractivity contribution in [3.8, 4) is 23.3 Å². The molecule has 0 fully saturated rings. The molecular weight excluding hydrogens is 274 g/mol. The summed E-state index contributed by atoms with van der Waals surface area (Å²) in [6.45, 7) is 0. The number of aromatic nitrogens is 1. The number of ether oxygens (including phenoxy) is 2. The van der Waals surface area contributed by atoms with E-state index in [0.29, 0.717) is 0 Å². The lowest BCUT2D eigenvalue weighted by molar-refractivity contribution is 0.354. The first-order chi connectivity index (χ1) is 10.8. The summed E-state index contributed by atoms with van der Waals surface area (Å²) < 4.78 is 10.8. The third kappa shape index (κ3) is 2.82. The lowest BCUT2D eigenvalue weighted by atomic mass is 9.90. The summed E-state index contributed by atoms with van der Waals surface area (Å²) in [5, 5.41) is 0. The van der Waals surface area contributed by atoms with E-state index in [1.807, 2.05) is 30.3 Å². The largest absolute Gasteiger partial charge is 0.493 e. The summed E-state index contributed by atoms with van der Waals surface area (Å²) in [6, 6.07) is 9.79.